The largest absolute Gasteiger partial charge is 0.488 e. The van der Waals surface area contributed by atoms with Crippen molar-refractivity contribution in [3.05, 3.63) is 56.9 Å². The molecule has 1 aliphatic heterocycles. The molecule has 1 fully saturated rings. The smallest absolute Gasteiger partial charge is 0.238 e. The first kappa shape index (κ1) is 26.9. The van der Waals surface area contributed by atoms with Gasteiger partial charge in [0.15, 0.2) is 0 Å². The van der Waals surface area contributed by atoms with Gasteiger partial charge in [0.2, 0.25) is 17.1 Å². The molecule has 184 valence electrons. The third kappa shape index (κ3) is 6.39. The fraction of sp³-hybridized carbons (Fsp3) is 0.593. The molecule has 6 heteroatoms. The Morgan fingerprint density at radius 1 is 1.24 bits per heavy atom. The zero-order valence-electron chi connectivity index (χ0n) is 21.6. The molecule has 0 saturated carbocycles. The van der Waals surface area contributed by atoms with Crippen LogP contribution in [0.25, 0.3) is 0 Å². The molecular weight excluding hydrogens is 418 g/mol. The van der Waals surface area contributed by atoms with Crippen LogP contribution in [0.2, 0.25) is 0 Å². The number of methoxy groups -OCH3 is 2. The van der Waals surface area contributed by atoms with Gasteiger partial charge in [-0.1, -0.05) is 56.2 Å². The Bertz CT molecular complexity index is 971. The summed E-state index contributed by atoms with van der Waals surface area (Å²) in [5, 5.41) is 10.7. The maximum absolute atomic E-state index is 12.5. The van der Waals surface area contributed by atoms with Crippen LogP contribution in [-0.2, 0) is 11.2 Å². The summed E-state index contributed by atoms with van der Waals surface area (Å²) in [6.45, 7) is 14.2. The van der Waals surface area contributed by atoms with E-state index in [2.05, 4.69) is 50.1 Å². The second-order valence-electron chi connectivity index (χ2n) is 9.67. The molecule has 2 N–H and O–H groups in total. The summed E-state index contributed by atoms with van der Waals surface area (Å²) in [7, 11) is 2.97. The van der Waals surface area contributed by atoms with Crippen molar-refractivity contribution in [3.63, 3.8) is 0 Å². The molecule has 2 heterocycles. The zero-order chi connectivity index (χ0) is 24.9. The van der Waals surface area contributed by atoms with E-state index in [9.17, 15) is 9.90 Å². The third-order valence-corrected chi connectivity index (χ3v) is 6.46. The van der Waals surface area contributed by atoms with Crippen LogP contribution < -0.4 is 14.9 Å². The number of hydrogen-bond donors (Lipinski definition) is 2. The summed E-state index contributed by atoms with van der Waals surface area (Å²) in [5.74, 6) is 0.948. The number of hydrogen-bond acceptors (Lipinski definition) is 5. The third-order valence-electron chi connectivity index (χ3n) is 6.46. The van der Waals surface area contributed by atoms with E-state index in [1.165, 1.54) is 19.8 Å². The Morgan fingerprint density at radius 2 is 1.91 bits per heavy atom. The second-order valence-corrected chi connectivity index (χ2v) is 9.67. The van der Waals surface area contributed by atoms with Gasteiger partial charge >= 0.3 is 0 Å². The molecule has 0 unspecified atom stereocenters. The number of allylic oxidation sites excluding steroid dienone is 5. The molecule has 0 spiro atoms. The highest BCUT2D eigenvalue weighted by atomic mass is 16.6. The van der Waals surface area contributed by atoms with E-state index in [4.69, 9.17) is 14.2 Å². The Hall–Kier alpha value is -2.31. The Kier molecular flexibility index (Phi) is 9.15. The number of rotatable bonds is 11. The van der Waals surface area contributed by atoms with E-state index < -0.39 is 11.7 Å². The fourth-order valence-corrected chi connectivity index (χ4v) is 4.38. The SMILES string of the molecule is COc1[nH]c(CC=C(C)CC=CC(C)=C[C@@H](C)[C@@H](O)[C@]2(C)O[C@H]2C(C)C)c(C)c(=O)c1OC. The number of H-pyrrole nitrogens is 1. The van der Waals surface area contributed by atoms with Crippen LogP contribution in [0.3, 0.4) is 0 Å². The highest BCUT2D eigenvalue weighted by Gasteiger charge is 2.59. The van der Waals surface area contributed by atoms with Crippen LogP contribution in [0, 0.1) is 18.8 Å². The van der Waals surface area contributed by atoms with E-state index in [1.807, 2.05) is 20.8 Å². The van der Waals surface area contributed by atoms with E-state index in [0.29, 0.717) is 23.8 Å². The molecule has 0 radical (unpaired) electrons. The quantitative estimate of drug-likeness (QED) is 0.280. The Labute approximate surface area is 198 Å². The maximum atomic E-state index is 12.5. The van der Waals surface area contributed by atoms with Crippen LogP contribution in [0.5, 0.6) is 11.6 Å². The van der Waals surface area contributed by atoms with Gasteiger partial charge in [0.25, 0.3) is 0 Å². The summed E-state index contributed by atoms with van der Waals surface area (Å²) >= 11 is 0. The highest BCUT2D eigenvalue weighted by molar-refractivity contribution is 5.40. The van der Waals surface area contributed by atoms with Crippen molar-refractivity contribution in [2.45, 2.75) is 79.1 Å². The summed E-state index contributed by atoms with van der Waals surface area (Å²) in [6.07, 6.45) is 9.41. The molecule has 6 nitrogen and oxygen atoms in total. The van der Waals surface area contributed by atoms with Gasteiger partial charge in [-0.05, 0) is 40.0 Å². The predicted molar refractivity (Wildman–Crippen MR) is 133 cm³/mol. The lowest BCUT2D eigenvalue weighted by atomic mass is 9.86. The van der Waals surface area contributed by atoms with Gasteiger partial charge in [0.05, 0.1) is 26.4 Å². The van der Waals surface area contributed by atoms with E-state index in [1.54, 1.807) is 6.92 Å². The predicted octanol–water partition coefficient (Wildman–Crippen LogP) is 4.89. The molecule has 0 bridgehead atoms. The van der Waals surface area contributed by atoms with Crippen LogP contribution in [0.1, 0.15) is 59.2 Å². The summed E-state index contributed by atoms with van der Waals surface area (Å²) in [5.41, 5.74) is 3.15. The zero-order valence-corrected chi connectivity index (χ0v) is 21.6. The minimum Gasteiger partial charge on any atom is -0.488 e. The summed E-state index contributed by atoms with van der Waals surface area (Å²) < 4.78 is 16.2. The number of aromatic amines is 1. The molecule has 0 aromatic carbocycles. The molecular formula is C27H41NO5. The van der Waals surface area contributed by atoms with Crippen molar-refractivity contribution in [2.24, 2.45) is 11.8 Å². The fourth-order valence-electron chi connectivity index (χ4n) is 4.38. The van der Waals surface area contributed by atoms with Gasteiger partial charge < -0.3 is 24.3 Å². The van der Waals surface area contributed by atoms with Gasteiger partial charge in [-0.3, -0.25) is 4.79 Å². The monoisotopic (exact) mass is 459 g/mol. The number of nitrogens with one attached hydrogen (secondary N) is 1. The van der Waals surface area contributed by atoms with Crippen molar-refractivity contribution in [1.82, 2.24) is 4.98 Å². The first-order valence-corrected chi connectivity index (χ1v) is 11.7. The maximum Gasteiger partial charge on any atom is 0.238 e. The highest BCUT2D eigenvalue weighted by Crippen LogP contribution is 2.45. The first-order valence-electron chi connectivity index (χ1n) is 11.7. The van der Waals surface area contributed by atoms with E-state index >= 15 is 0 Å². The van der Waals surface area contributed by atoms with Crippen LogP contribution >= 0.6 is 0 Å². The lowest BCUT2D eigenvalue weighted by Gasteiger charge is -2.21. The second kappa shape index (κ2) is 11.2. The van der Waals surface area contributed by atoms with E-state index in [0.717, 1.165) is 17.7 Å². The minimum absolute atomic E-state index is 0.00453. The van der Waals surface area contributed by atoms with Crippen molar-refractivity contribution >= 4 is 0 Å². The average molecular weight is 460 g/mol. The summed E-state index contributed by atoms with van der Waals surface area (Å²) in [6, 6.07) is 0. The lowest BCUT2D eigenvalue weighted by molar-refractivity contribution is 0.0563. The molecule has 33 heavy (non-hydrogen) atoms. The molecule has 1 aliphatic rings. The molecule has 4 atom stereocenters. The van der Waals surface area contributed by atoms with E-state index in [-0.39, 0.29) is 23.2 Å². The summed E-state index contributed by atoms with van der Waals surface area (Å²) in [4.78, 5) is 15.6. The van der Waals surface area contributed by atoms with Gasteiger partial charge in [-0.25, -0.2) is 0 Å². The van der Waals surface area contributed by atoms with Crippen molar-refractivity contribution in [1.29, 1.82) is 0 Å². The number of aliphatic hydroxyl groups excluding tert-OH is 1. The molecule has 1 aromatic heterocycles. The first-order chi connectivity index (χ1) is 15.5. The van der Waals surface area contributed by atoms with Gasteiger partial charge in [-0.15, -0.1) is 0 Å². The number of aromatic nitrogens is 1. The Balaban J connectivity index is 1.97. The van der Waals surface area contributed by atoms with Crippen molar-refractivity contribution < 1.29 is 19.3 Å². The van der Waals surface area contributed by atoms with Crippen LogP contribution in [0.15, 0.2) is 40.2 Å². The minimum atomic E-state index is -0.526. The number of epoxide rings is 1. The molecule has 1 saturated heterocycles. The van der Waals surface area contributed by atoms with Gasteiger partial charge in [0.1, 0.15) is 5.60 Å². The Morgan fingerprint density at radius 3 is 2.45 bits per heavy atom. The standard InChI is InChI=1S/C27H41NO5/c1-16(2)25-27(7,33-25)24(30)19(5)15-18(4)12-10-11-17(3)13-14-21-20(6)22(29)23(31-8)26(28-21)32-9/h10,12-13,15-16,19,24-25,30H,11,14H2,1-9H3,(H,28,29)/t19-,24-,25+,27+/m1/s1. The van der Waals surface area contributed by atoms with Crippen molar-refractivity contribution in [3.8, 4) is 11.6 Å². The number of ether oxygens (including phenoxy) is 3. The van der Waals surface area contributed by atoms with Gasteiger partial charge in [-0.2, -0.15) is 0 Å². The molecule has 0 amide bonds. The van der Waals surface area contributed by atoms with Crippen LogP contribution in [-0.4, -0.2) is 42.1 Å². The molecule has 1 aromatic rings. The van der Waals surface area contributed by atoms with Crippen LogP contribution in [0.4, 0.5) is 0 Å². The topological polar surface area (TPSA) is 84.1 Å². The number of pyridine rings is 1. The average Bonchev–Trinajstić information content (AvgIpc) is 3.47. The number of aliphatic hydroxyl groups is 1. The lowest BCUT2D eigenvalue weighted by Crippen LogP contribution is -2.35. The normalized spacial score (nSPS) is 23.2. The molecule has 2 rings (SSSR count). The van der Waals surface area contributed by atoms with Crippen molar-refractivity contribution in [2.75, 3.05) is 14.2 Å². The molecule has 0 aliphatic carbocycles. The van der Waals surface area contributed by atoms with Gasteiger partial charge in [0, 0.05) is 23.6 Å².